The Morgan fingerprint density at radius 1 is 1.41 bits per heavy atom. The Morgan fingerprint density at radius 2 is 2.18 bits per heavy atom. The Balaban J connectivity index is 1.96. The number of anilines is 1. The maximum absolute atomic E-state index is 11.6. The van der Waals surface area contributed by atoms with Crippen LogP contribution in [0.15, 0.2) is 22.7 Å². The van der Waals surface area contributed by atoms with Crippen LogP contribution in [0.25, 0.3) is 0 Å². The highest BCUT2D eigenvalue weighted by Gasteiger charge is 2.19. The molecule has 1 aliphatic rings. The lowest BCUT2D eigenvalue weighted by Gasteiger charge is -2.26. The lowest BCUT2D eigenvalue weighted by atomic mass is 9.93. The van der Waals surface area contributed by atoms with E-state index >= 15 is 0 Å². The minimum atomic E-state index is -0.158. The van der Waals surface area contributed by atoms with Gasteiger partial charge >= 0.3 is 6.03 Å². The third kappa shape index (κ3) is 3.36. The van der Waals surface area contributed by atoms with Gasteiger partial charge in [0, 0.05) is 22.3 Å². The number of carbonyl (C=O) groups is 1. The first-order valence-electron chi connectivity index (χ1n) is 5.59. The Kier molecular flexibility index (Phi) is 3.89. The summed E-state index contributed by atoms with van der Waals surface area (Å²) in [7, 11) is 1.60. The maximum atomic E-state index is 11.6. The fourth-order valence-electron chi connectivity index (χ4n) is 1.66. The van der Waals surface area contributed by atoms with Gasteiger partial charge in [0.2, 0.25) is 0 Å². The first kappa shape index (κ1) is 12.2. The lowest BCUT2D eigenvalue weighted by molar-refractivity contribution is 0.240. The molecule has 0 saturated heterocycles. The monoisotopic (exact) mass is 298 g/mol. The number of nitrogens with one attached hydrogen (secondary N) is 2. The van der Waals surface area contributed by atoms with E-state index in [1.165, 1.54) is 6.42 Å². The second kappa shape index (κ2) is 5.40. The molecule has 0 bridgehead atoms. The minimum absolute atomic E-state index is 0.158. The molecule has 0 heterocycles. The lowest BCUT2D eigenvalue weighted by Crippen LogP contribution is -2.41. The Labute approximate surface area is 109 Å². The number of rotatable bonds is 3. The van der Waals surface area contributed by atoms with E-state index in [0.717, 1.165) is 17.3 Å². The number of halogens is 1. The first-order chi connectivity index (χ1) is 8.17. The SMILES string of the molecule is COc1cc(Br)cc(NC(=O)NC2CCC2)c1. The minimum Gasteiger partial charge on any atom is -0.497 e. The molecule has 0 radical (unpaired) electrons. The molecule has 2 amide bonds. The van der Waals surface area contributed by atoms with E-state index < -0.39 is 0 Å². The van der Waals surface area contributed by atoms with Gasteiger partial charge in [-0.3, -0.25) is 0 Å². The molecule has 2 rings (SSSR count). The smallest absolute Gasteiger partial charge is 0.319 e. The number of urea groups is 1. The molecule has 0 spiro atoms. The van der Waals surface area contributed by atoms with Crippen LogP contribution in [0.1, 0.15) is 19.3 Å². The van der Waals surface area contributed by atoms with Crippen molar-refractivity contribution in [2.24, 2.45) is 0 Å². The van der Waals surface area contributed by atoms with Gasteiger partial charge in [-0.2, -0.15) is 0 Å². The molecule has 0 atom stereocenters. The zero-order valence-corrected chi connectivity index (χ0v) is 11.2. The highest BCUT2D eigenvalue weighted by atomic mass is 79.9. The van der Waals surface area contributed by atoms with Crippen LogP contribution in [-0.4, -0.2) is 19.2 Å². The summed E-state index contributed by atoms with van der Waals surface area (Å²) in [6.45, 7) is 0. The molecule has 1 aliphatic carbocycles. The molecule has 1 aromatic carbocycles. The molecule has 0 aliphatic heterocycles. The van der Waals surface area contributed by atoms with E-state index in [1.807, 2.05) is 12.1 Å². The van der Waals surface area contributed by atoms with Crippen LogP contribution < -0.4 is 15.4 Å². The van der Waals surface area contributed by atoms with Gasteiger partial charge in [-0.1, -0.05) is 15.9 Å². The Hall–Kier alpha value is -1.23. The zero-order valence-electron chi connectivity index (χ0n) is 9.63. The highest BCUT2D eigenvalue weighted by Crippen LogP contribution is 2.24. The van der Waals surface area contributed by atoms with Crippen molar-refractivity contribution in [1.29, 1.82) is 0 Å². The molecule has 5 heteroatoms. The van der Waals surface area contributed by atoms with E-state index in [4.69, 9.17) is 4.74 Å². The summed E-state index contributed by atoms with van der Waals surface area (Å²) in [4.78, 5) is 11.6. The molecule has 2 N–H and O–H groups in total. The number of benzene rings is 1. The van der Waals surface area contributed by atoms with Crippen molar-refractivity contribution in [2.45, 2.75) is 25.3 Å². The van der Waals surface area contributed by atoms with Gasteiger partial charge in [-0.25, -0.2) is 4.79 Å². The van der Waals surface area contributed by atoms with Crippen molar-refractivity contribution < 1.29 is 9.53 Å². The fraction of sp³-hybridized carbons (Fsp3) is 0.417. The van der Waals surface area contributed by atoms with Gasteiger partial charge in [0.1, 0.15) is 5.75 Å². The topological polar surface area (TPSA) is 50.4 Å². The summed E-state index contributed by atoms with van der Waals surface area (Å²) in [5, 5.41) is 5.71. The summed E-state index contributed by atoms with van der Waals surface area (Å²) in [5.74, 6) is 0.707. The Bertz CT molecular complexity index is 419. The summed E-state index contributed by atoms with van der Waals surface area (Å²) >= 11 is 3.37. The largest absolute Gasteiger partial charge is 0.497 e. The number of hydrogen-bond donors (Lipinski definition) is 2. The molecule has 92 valence electrons. The molecule has 17 heavy (non-hydrogen) atoms. The summed E-state index contributed by atoms with van der Waals surface area (Å²) in [6.07, 6.45) is 3.36. The average Bonchev–Trinajstić information content (AvgIpc) is 2.22. The van der Waals surface area contributed by atoms with E-state index in [2.05, 4.69) is 26.6 Å². The molecule has 1 aromatic rings. The van der Waals surface area contributed by atoms with Crippen LogP contribution >= 0.6 is 15.9 Å². The van der Waals surface area contributed by atoms with Crippen molar-refractivity contribution in [2.75, 3.05) is 12.4 Å². The molecular weight excluding hydrogens is 284 g/mol. The first-order valence-corrected chi connectivity index (χ1v) is 6.39. The van der Waals surface area contributed by atoms with E-state index in [9.17, 15) is 4.79 Å². The average molecular weight is 299 g/mol. The van der Waals surface area contributed by atoms with E-state index in [0.29, 0.717) is 17.5 Å². The second-order valence-corrected chi connectivity index (χ2v) is 5.02. The summed E-state index contributed by atoms with van der Waals surface area (Å²) in [5.41, 5.74) is 0.716. The normalized spacial score (nSPS) is 14.9. The van der Waals surface area contributed by atoms with Gasteiger partial charge in [0.15, 0.2) is 0 Å². The molecule has 1 fully saturated rings. The standard InChI is InChI=1S/C12H15BrN2O2/c1-17-11-6-8(13)5-10(7-11)15-12(16)14-9-3-2-4-9/h5-7,9H,2-4H2,1H3,(H2,14,15,16). The maximum Gasteiger partial charge on any atom is 0.319 e. The van der Waals surface area contributed by atoms with Gasteiger partial charge in [0.05, 0.1) is 7.11 Å². The van der Waals surface area contributed by atoms with Gasteiger partial charge in [-0.15, -0.1) is 0 Å². The molecular formula is C12H15BrN2O2. The third-order valence-corrected chi connectivity index (χ3v) is 3.26. The number of methoxy groups -OCH3 is 1. The molecule has 0 aromatic heterocycles. The van der Waals surface area contributed by atoms with Crippen LogP contribution in [0.3, 0.4) is 0 Å². The van der Waals surface area contributed by atoms with Crippen LogP contribution in [0.4, 0.5) is 10.5 Å². The van der Waals surface area contributed by atoms with Crippen molar-refractivity contribution in [3.63, 3.8) is 0 Å². The number of hydrogen-bond acceptors (Lipinski definition) is 2. The third-order valence-electron chi connectivity index (χ3n) is 2.81. The van der Waals surface area contributed by atoms with E-state index in [1.54, 1.807) is 13.2 Å². The van der Waals surface area contributed by atoms with Crippen LogP contribution in [0.2, 0.25) is 0 Å². The predicted octanol–water partition coefficient (Wildman–Crippen LogP) is 3.13. The van der Waals surface area contributed by atoms with Crippen LogP contribution in [0.5, 0.6) is 5.75 Å². The van der Waals surface area contributed by atoms with Gasteiger partial charge < -0.3 is 15.4 Å². The summed E-state index contributed by atoms with van der Waals surface area (Å²) < 4.78 is 6.00. The predicted molar refractivity (Wildman–Crippen MR) is 70.5 cm³/mol. The van der Waals surface area contributed by atoms with Crippen molar-refractivity contribution >= 4 is 27.6 Å². The van der Waals surface area contributed by atoms with Gasteiger partial charge in [0.25, 0.3) is 0 Å². The van der Waals surface area contributed by atoms with Crippen molar-refractivity contribution in [3.05, 3.63) is 22.7 Å². The Morgan fingerprint density at radius 3 is 2.76 bits per heavy atom. The summed E-state index contributed by atoms with van der Waals surface area (Å²) in [6, 6.07) is 5.64. The molecule has 0 unspecified atom stereocenters. The quantitative estimate of drug-likeness (QED) is 0.901. The fourth-order valence-corrected chi connectivity index (χ4v) is 2.13. The van der Waals surface area contributed by atoms with Crippen molar-refractivity contribution in [3.8, 4) is 5.75 Å². The number of carbonyl (C=O) groups excluding carboxylic acids is 1. The molecule has 1 saturated carbocycles. The highest BCUT2D eigenvalue weighted by molar-refractivity contribution is 9.10. The zero-order chi connectivity index (χ0) is 12.3. The second-order valence-electron chi connectivity index (χ2n) is 4.11. The van der Waals surface area contributed by atoms with Gasteiger partial charge in [-0.05, 0) is 31.4 Å². The van der Waals surface area contributed by atoms with Crippen molar-refractivity contribution in [1.82, 2.24) is 5.32 Å². The van der Waals surface area contributed by atoms with Crippen LogP contribution in [-0.2, 0) is 0 Å². The number of ether oxygens (including phenoxy) is 1. The number of amides is 2. The van der Waals surface area contributed by atoms with Crippen LogP contribution in [0, 0.1) is 0 Å². The van der Waals surface area contributed by atoms with E-state index in [-0.39, 0.29) is 6.03 Å². The molecule has 4 nitrogen and oxygen atoms in total.